The Morgan fingerprint density at radius 1 is 0.900 bits per heavy atom. The van der Waals surface area contributed by atoms with Gasteiger partial charge < -0.3 is 10.6 Å². The number of anilines is 1. The average Bonchev–Trinajstić information content (AvgIpc) is 2.44. The highest BCUT2D eigenvalue weighted by molar-refractivity contribution is 5.48. The third-order valence-corrected chi connectivity index (χ3v) is 3.57. The van der Waals surface area contributed by atoms with Gasteiger partial charge in [-0.05, 0) is 44.0 Å². The van der Waals surface area contributed by atoms with E-state index in [1.54, 1.807) is 0 Å². The van der Waals surface area contributed by atoms with Gasteiger partial charge in [0, 0.05) is 25.3 Å². The molecule has 0 radical (unpaired) electrons. The van der Waals surface area contributed by atoms with Crippen LogP contribution in [0, 0.1) is 13.8 Å². The molecule has 0 amide bonds. The van der Waals surface area contributed by atoms with Crippen molar-refractivity contribution in [2.24, 2.45) is 5.73 Å². The molecule has 0 aliphatic rings. The maximum Gasteiger partial charge on any atom is 0.0429 e. The number of nitrogens with zero attached hydrogens (tertiary/aromatic N) is 1. The topological polar surface area (TPSA) is 29.3 Å². The fourth-order valence-corrected chi connectivity index (χ4v) is 2.61. The largest absolute Gasteiger partial charge is 0.367 e. The summed E-state index contributed by atoms with van der Waals surface area (Å²) in [6.45, 7) is 9.05. The summed E-state index contributed by atoms with van der Waals surface area (Å²) in [5.41, 5.74) is 12.1. The van der Waals surface area contributed by atoms with Gasteiger partial charge in [-0.25, -0.2) is 0 Å². The second-order valence-electron chi connectivity index (χ2n) is 5.38. The van der Waals surface area contributed by atoms with Gasteiger partial charge in [0.2, 0.25) is 0 Å². The van der Waals surface area contributed by atoms with Gasteiger partial charge in [-0.3, -0.25) is 0 Å². The van der Waals surface area contributed by atoms with Gasteiger partial charge in [0.1, 0.15) is 0 Å². The van der Waals surface area contributed by atoms with Gasteiger partial charge in [0.25, 0.3) is 0 Å². The lowest BCUT2D eigenvalue weighted by atomic mass is 10.1. The minimum atomic E-state index is 0.601. The van der Waals surface area contributed by atoms with Gasteiger partial charge in [-0.1, -0.05) is 41.5 Å². The smallest absolute Gasteiger partial charge is 0.0429 e. The Labute approximate surface area is 122 Å². The van der Waals surface area contributed by atoms with Gasteiger partial charge in [0.15, 0.2) is 0 Å². The van der Waals surface area contributed by atoms with Gasteiger partial charge in [-0.2, -0.15) is 0 Å². The predicted octanol–water partition coefficient (Wildman–Crippen LogP) is 3.79. The molecule has 0 aliphatic heterocycles. The Bertz CT molecular complexity index is 538. The first-order valence-electron chi connectivity index (χ1n) is 7.23. The molecular formula is C18H24N2. The van der Waals surface area contributed by atoms with Gasteiger partial charge >= 0.3 is 0 Å². The monoisotopic (exact) mass is 268 g/mol. The molecule has 0 saturated carbocycles. The molecule has 0 bridgehead atoms. The Morgan fingerprint density at radius 2 is 1.50 bits per heavy atom. The van der Waals surface area contributed by atoms with Crippen LogP contribution in [0.5, 0.6) is 0 Å². The molecule has 2 rings (SSSR count). The lowest BCUT2D eigenvalue weighted by Gasteiger charge is -2.24. The van der Waals surface area contributed by atoms with E-state index in [2.05, 4.69) is 68.1 Å². The molecule has 2 nitrogen and oxygen atoms in total. The van der Waals surface area contributed by atoms with Crippen molar-refractivity contribution in [3.05, 3.63) is 64.7 Å². The number of hydrogen-bond acceptors (Lipinski definition) is 2. The van der Waals surface area contributed by atoms with Crippen molar-refractivity contribution in [2.75, 3.05) is 11.4 Å². The number of rotatable bonds is 5. The number of nitrogens with two attached hydrogens (primary N) is 1. The predicted molar refractivity (Wildman–Crippen MR) is 87.0 cm³/mol. The van der Waals surface area contributed by atoms with Crippen LogP contribution in [0.4, 0.5) is 5.69 Å². The van der Waals surface area contributed by atoms with Crippen molar-refractivity contribution in [3.63, 3.8) is 0 Å². The normalized spacial score (nSPS) is 10.6. The summed E-state index contributed by atoms with van der Waals surface area (Å²) in [5.74, 6) is 0. The maximum atomic E-state index is 5.65. The van der Waals surface area contributed by atoms with Crippen molar-refractivity contribution < 1.29 is 0 Å². The van der Waals surface area contributed by atoms with E-state index in [0.717, 1.165) is 13.1 Å². The second kappa shape index (κ2) is 6.58. The molecule has 0 aromatic heterocycles. The molecule has 106 valence electrons. The summed E-state index contributed by atoms with van der Waals surface area (Å²) < 4.78 is 0. The first-order chi connectivity index (χ1) is 9.62. The minimum absolute atomic E-state index is 0.601. The molecule has 0 spiro atoms. The molecule has 2 aromatic carbocycles. The molecule has 2 N–H and O–H groups in total. The Hall–Kier alpha value is -1.80. The van der Waals surface area contributed by atoms with Crippen LogP contribution in [0.1, 0.15) is 29.2 Å². The summed E-state index contributed by atoms with van der Waals surface area (Å²) in [4.78, 5) is 2.38. The summed E-state index contributed by atoms with van der Waals surface area (Å²) in [5, 5.41) is 0. The van der Waals surface area contributed by atoms with Crippen LogP contribution in [0.2, 0.25) is 0 Å². The van der Waals surface area contributed by atoms with E-state index in [1.807, 2.05) is 0 Å². The molecule has 0 heterocycles. The minimum Gasteiger partial charge on any atom is -0.367 e. The number of hydrogen-bond donors (Lipinski definition) is 1. The van der Waals surface area contributed by atoms with E-state index in [0.29, 0.717) is 6.54 Å². The maximum absolute atomic E-state index is 5.65. The lowest BCUT2D eigenvalue weighted by Crippen LogP contribution is -2.22. The average molecular weight is 268 g/mol. The third-order valence-electron chi connectivity index (χ3n) is 3.57. The summed E-state index contributed by atoms with van der Waals surface area (Å²) in [6, 6.07) is 15.3. The van der Waals surface area contributed by atoms with Crippen LogP contribution < -0.4 is 10.6 Å². The van der Waals surface area contributed by atoms with Crippen LogP contribution in [-0.4, -0.2) is 6.54 Å². The highest BCUT2D eigenvalue weighted by Gasteiger charge is 2.06. The Kier molecular flexibility index (Phi) is 4.80. The Morgan fingerprint density at radius 3 is 2.00 bits per heavy atom. The van der Waals surface area contributed by atoms with E-state index in [9.17, 15) is 0 Å². The van der Waals surface area contributed by atoms with Crippen LogP contribution >= 0.6 is 0 Å². The standard InChI is InChI=1S/C18H24N2/c1-4-20(18-7-5-16(12-19)6-8-18)13-17-10-14(2)9-15(3)11-17/h5-11H,4,12-13,19H2,1-3H3. The van der Waals surface area contributed by atoms with Crippen molar-refractivity contribution >= 4 is 5.69 Å². The van der Waals surface area contributed by atoms with Crippen molar-refractivity contribution in [3.8, 4) is 0 Å². The summed E-state index contributed by atoms with van der Waals surface area (Å²) in [7, 11) is 0. The fraction of sp³-hybridized carbons (Fsp3) is 0.333. The molecule has 20 heavy (non-hydrogen) atoms. The van der Waals surface area contributed by atoms with Gasteiger partial charge in [-0.15, -0.1) is 0 Å². The molecule has 0 aliphatic carbocycles. The van der Waals surface area contributed by atoms with Crippen LogP contribution in [0.25, 0.3) is 0 Å². The first-order valence-corrected chi connectivity index (χ1v) is 7.23. The zero-order valence-corrected chi connectivity index (χ0v) is 12.7. The third kappa shape index (κ3) is 3.61. The highest BCUT2D eigenvalue weighted by atomic mass is 15.1. The van der Waals surface area contributed by atoms with Crippen LogP contribution in [0.15, 0.2) is 42.5 Å². The molecule has 2 heteroatoms. The number of aryl methyl sites for hydroxylation is 2. The SMILES string of the molecule is CCN(Cc1cc(C)cc(C)c1)c1ccc(CN)cc1. The van der Waals surface area contributed by atoms with E-state index in [-0.39, 0.29) is 0 Å². The molecule has 0 saturated heterocycles. The molecule has 0 atom stereocenters. The van der Waals surface area contributed by atoms with Crippen LogP contribution in [0.3, 0.4) is 0 Å². The Balaban J connectivity index is 2.19. The number of benzene rings is 2. The quantitative estimate of drug-likeness (QED) is 0.894. The zero-order chi connectivity index (χ0) is 14.5. The zero-order valence-electron chi connectivity index (χ0n) is 12.7. The fourth-order valence-electron chi connectivity index (χ4n) is 2.61. The second-order valence-corrected chi connectivity index (χ2v) is 5.38. The van der Waals surface area contributed by atoms with Gasteiger partial charge in [0.05, 0.1) is 0 Å². The van der Waals surface area contributed by atoms with E-state index >= 15 is 0 Å². The van der Waals surface area contributed by atoms with Crippen molar-refractivity contribution in [2.45, 2.75) is 33.9 Å². The molecule has 0 fully saturated rings. The molecule has 2 aromatic rings. The van der Waals surface area contributed by atoms with Crippen molar-refractivity contribution in [1.82, 2.24) is 0 Å². The van der Waals surface area contributed by atoms with E-state index < -0.39 is 0 Å². The first kappa shape index (κ1) is 14.6. The van der Waals surface area contributed by atoms with E-state index in [4.69, 9.17) is 5.73 Å². The van der Waals surface area contributed by atoms with E-state index in [1.165, 1.54) is 27.9 Å². The summed E-state index contributed by atoms with van der Waals surface area (Å²) >= 11 is 0. The van der Waals surface area contributed by atoms with Crippen LogP contribution in [-0.2, 0) is 13.1 Å². The van der Waals surface area contributed by atoms with Crippen molar-refractivity contribution in [1.29, 1.82) is 0 Å². The molecule has 0 unspecified atom stereocenters. The molecular weight excluding hydrogens is 244 g/mol. The summed E-state index contributed by atoms with van der Waals surface area (Å²) in [6.07, 6.45) is 0. The lowest BCUT2D eigenvalue weighted by molar-refractivity contribution is 0.829. The highest BCUT2D eigenvalue weighted by Crippen LogP contribution is 2.19.